The van der Waals surface area contributed by atoms with Gasteiger partial charge in [-0.15, -0.1) is 0 Å². The lowest BCUT2D eigenvalue weighted by atomic mass is 10.00. The van der Waals surface area contributed by atoms with E-state index in [1.807, 2.05) is 48.6 Å². The maximum Gasteiger partial charge on any atom is 0.343 e. The summed E-state index contributed by atoms with van der Waals surface area (Å²) in [5.41, 5.74) is 1.37. The van der Waals surface area contributed by atoms with Crippen molar-refractivity contribution in [2.45, 2.75) is 6.42 Å². The Labute approximate surface area is 99.1 Å². The number of nitrogens with zero attached hydrogens (tertiary/aromatic N) is 1. The Morgan fingerprint density at radius 3 is 2.82 bits per heavy atom. The van der Waals surface area contributed by atoms with Gasteiger partial charge in [0, 0.05) is 5.56 Å². The topological polar surface area (TPSA) is 38.7 Å². The largest absolute Gasteiger partial charge is 0.404 e. The van der Waals surface area contributed by atoms with Crippen LogP contribution in [0.15, 0.2) is 59.1 Å². The van der Waals surface area contributed by atoms with Gasteiger partial charge in [0.2, 0.25) is 5.90 Å². The Morgan fingerprint density at radius 1 is 1.18 bits per heavy atom. The van der Waals surface area contributed by atoms with Crippen LogP contribution in [-0.4, -0.2) is 11.9 Å². The van der Waals surface area contributed by atoms with E-state index in [1.165, 1.54) is 0 Å². The minimum atomic E-state index is -0.321. The van der Waals surface area contributed by atoms with Crippen molar-refractivity contribution in [1.29, 1.82) is 0 Å². The average molecular weight is 224 g/mol. The van der Waals surface area contributed by atoms with E-state index in [-0.39, 0.29) is 5.97 Å². The molecule has 0 aromatic heterocycles. The third-order valence-electron chi connectivity index (χ3n) is 2.66. The summed E-state index contributed by atoms with van der Waals surface area (Å²) < 4.78 is 5.23. The number of fused-ring (bicyclic) bond motifs is 1. The molecule has 0 spiro atoms. The average Bonchev–Trinajstić information content (AvgIpc) is 2.40. The van der Waals surface area contributed by atoms with E-state index in [2.05, 4.69) is 4.99 Å². The molecule has 0 unspecified atom stereocenters. The van der Waals surface area contributed by atoms with Crippen molar-refractivity contribution in [2.24, 2.45) is 4.99 Å². The molecule has 1 aromatic rings. The summed E-state index contributed by atoms with van der Waals surface area (Å²) in [5.74, 6) is 0.0486. The van der Waals surface area contributed by atoms with Gasteiger partial charge in [0.25, 0.3) is 0 Å². The molecular weight excluding hydrogens is 214 g/mol. The quantitative estimate of drug-likeness (QED) is 0.687. The zero-order valence-corrected chi connectivity index (χ0v) is 9.09. The number of cyclic esters (lactones) is 1. The van der Waals surface area contributed by atoms with Crippen LogP contribution in [0.25, 0.3) is 0 Å². The molecule has 3 heteroatoms. The van der Waals surface area contributed by atoms with Crippen molar-refractivity contribution < 1.29 is 9.53 Å². The summed E-state index contributed by atoms with van der Waals surface area (Å²) in [6.07, 6.45) is 6.43. The number of allylic oxidation sites excluding steroid dienone is 2. The first kappa shape index (κ1) is 10.0. The van der Waals surface area contributed by atoms with Gasteiger partial charge in [0.15, 0.2) is 0 Å². The van der Waals surface area contributed by atoms with Gasteiger partial charge in [-0.3, -0.25) is 0 Å². The van der Waals surface area contributed by atoms with E-state index in [9.17, 15) is 4.79 Å². The third-order valence-corrected chi connectivity index (χ3v) is 2.66. The zero-order chi connectivity index (χ0) is 11.7. The second kappa shape index (κ2) is 4.01. The van der Waals surface area contributed by atoms with Crippen LogP contribution in [0.3, 0.4) is 0 Å². The lowest BCUT2D eigenvalue weighted by Gasteiger charge is -2.21. The Morgan fingerprint density at radius 2 is 2.00 bits per heavy atom. The van der Waals surface area contributed by atoms with E-state index in [1.54, 1.807) is 0 Å². The van der Waals surface area contributed by atoms with Crippen molar-refractivity contribution in [3.05, 3.63) is 65.7 Å². The van der Waals surface area contributed by atoms with Gasteiger partial charge < -0.3 is 4.74 Å². The molecule has 83 valence electrons. The fraction of sp³-hybridized carbons (Fsp3) is 0.0714. The van der Waals surface area contributed by atoms with E-state index < -0.39 is 0 Å². The zero-order valence-electron chi connectivity index (χ0n) is 9.09. The Bertz CT molecular complexity index is 541. The van der Waals surface area contributed by atoms with Crippen LogP contribution >= 0.6 is 0 Å². The number of benzene rings is 1. The van der Waals surface area contributed by atoms with Gasteiger partial charge in [0.1, 0.15) is 6.04 Å². The molecule has 0 atom stereocenters. The molecule has 1 heterocycles. The molecule has 1 aliphatic heterocycles. The molecule has 0 amide bonds. The molecule has 0 bridgehead atoms. The summed E-state index contributed by atoms with van der Waals surface area (Å²) >= 11 is 0. The summed E-state index contributed by atoms with van der Waals surface area (Å²) in [6.45, 7) is 0. The van der Waals surface area contributed by atoms with Crippen molar-refractivity contribution >= 4 is 11.9 Å². The number of ether oxygens (including phenoxy) is 1. The first-order valence-corrected chi connectivity index (χ1v) is 5.45. The SMILES string of the molecule is O=C1OC(c2ccccc2)=N[C]2C=CCC=C21. The fourth-order valence-electron chi connectivity index (χ4n) is 1.82. The smallest absolute Gasteiger partial charge is 0.343 e. The van der Waals surface area contributed by atoms with Gasteiger partial charge in [-0.2, -0.15) is 0 Å². The molecule has 0 saturated carbocycles. The Hall–Kier alpha value is -2.16. The minimum absolute atomic E-state index is 0.321. The molecule has 1 aliphatic carbocycles. The second-order valence-electron chi connectivity index (χ2n) is 3.81. The normalized spacial score (nSPS) is 19.2. The van der Waals surface area contributed by atoms with Crippen LogP contribution in [0, 0.1) is 6.04 Å². The molecule has 1 aromatic carbocycles. The molecule has 3 rings (SSSR count). The molecule has 1 radical (unpaired) electrons. The van der Waals surface area contributed by atoms with Crippen molar-refractivity contribution in [3.8, 4) is 0 Å². The number of carbonyl (C=O) groups excluding carboxylic acids is 1. The van der Waals surface area contributed by atoms with E-state index >= 15 is 0 Å². The highest BCUT2D eigenvalue weighted by molar-refractivity contribution is 6.09. The van der Waals surface area contributed by atoms with Crippen LogP contribution < -0.4 is 0 Å². The standard InChI is InChI=1S/C14H10NO2/c16-14-11-8-4-5-9-12(11)15-13(17-14)10-6-2-1-3-7-10/h1-3,5-9H,4H2. The van der Waals surface area contributed by atoms with Crippen LogP contribution in [0.2, 0.25) is 0 Å². The highest BCUT2D eigenvalue weighted by Crippen LogP contribution is 2.28. The van der Waals surface area contributed by atoms with E-state index in [0.717, 1.165) is 12.0 Å². The van der Waals surface area contributed by atoms with Crippen LogP contribution in [0.5, 0.6) is 0 Å². The Kier molecular flexibility index (Phi) is 2.37. The lowest BCUT2D eigenvalue weighted by Crippen LogP contribution is -2.25. The summed E-state index contributed by atoms with van der Waals surface area (Å²) in [5, 5.41) is 0. The predicted molar refractivity (Wildman–Crippen MR) is 64.2 cm³/mol. The molecule has 0 saturated heterocycles. The predicted octanol–water partition coefficient (Wildman–Crippen LogP) is 2.41. The summed E-state index contributed by atoms with van der Waals surface area (Å²) in [6, 6.07) is 10.1. The number of hydrogen-bond acceptors (Lipinski definition) is 3. The third kappa shape index (κ3) is 1.80. The number of esters is 1. The highest BCUT2D eigenvalue weighted by atomic mass is 16.5. The van der Waals surface area contributed by atoms with Crippen LogP contribution in [0.1, 0.15) is 12.0 Å². The van der Waals surface area contributed by atoms with Crippen molar-refractivity contribution in [3.63, 3.8) is 0 Å². The van der Waals surface area contributed by atoms with E-state index in [4.69, 9.17) is 4.74 Å². The Balaban J connectivity index is 2.01. The lowest BCUT2D eigenvalue weighted by molar-refractivity contribution is -0.131. The monoisotopic (exact) mass is 224 g/mol. The minimum Gasteiger partial charge on any atom is -0.404 e. The molecule has 0 N–H and O–H groups in total. The fourth-order valence-corrected chi connectivity index (χ4v) is 1.82. The van der Waals surface area contributed by atoms with E-state index in [0.29, 0.717) is 17.5 Å². The maximum atomic E-state index is 11.8. The van der Waals surface area contributed by atoms with Crippen LogP contribution in [-0.2, 0) is 9.53 Å². The second-order valence-corrected chi connectivity index (χ2v) is 3.81. The van der Waals surface area contributed by atoms with Crippen molar-refractivity contribution in [1.82, 2.24) is 0 Å². The van der Waals surface area contributed by atoms with Gasteiger partial charge in [-0.05, 0) is 18.6 Å². The first-order chi connectivity index (χ1) is 8.34. The molecule has 17 heavy (non-hydrogen) atoms. The number of rotatable bonds is 1. The molecule has 3 nitrogen and oxygen atoms in total. The highest BCUT2D eigenvalue weighted by Gasteiger charge is 2.29. The number of aliphatic imine (C=N–C) groups is 1. The van der Waals surface area contributed by atoms with Gasteiger partial charge >= 0.3 is 5.97 Å². The summed E-state index contributed by atoms with van der Waals surface area (Å²) in [4.78, 5) is 16.1. The molecule has 0 fully saturated rings. The summed E-state index contributed by atoms with van der Waals surface area (Å²) in [7, 11) is 0. The number of hydrogen-bond donors (Lipinski definition) is 0. The molecule has 2 aliphatic rings. The van der Waals surface area contributed by atoms with Gasteiger partial charge in [0.05, 0.1) is 5.57 Å². The molecular formula is C14H10NO2. The van der Waals surface area contributed by atoms with Gasteiger partial charge in [-0.1, -0.05) is 36.4 Å². The number of carbonyl (C=O) groups is 1. The van der Waals surface area contributed by atoms with Crippen molar-refractivity contribution in [2.75, 3.05) is 0 Å². The van der Waals surface area contributed by atoms with Gasteiger partial charge in [-0.25, -0.2) is 9.79 Å². The first-order valence-electron chi connectivity index (χ1n) is 5.45. The maximum absolute atomic E-state index is 11.8. The van der Waals surface area contributed by atoms with Crippen LogP contribution in [0.4, 0.5) is 0 Å².